The van der Waals surface area contributed by atoms with Gasteiger partial charge in [0.05, 0.1) is 16.5 Å². The van der Waals surface area contributed by atoms with Crippen molar-refractivity contribution in [3.63, 3.8) is 0 Å². The molecule has 0 bridgehead atoms. The van der Waals surface area contributed by atoms with Crippen molar-refractivity contribution in [2.75, 3.05) is 11.1 Å². The fourth-order valence-corrected chi connectivity index (χ4v) is 4.42. The molecule has 1 aromatic rings. The van der Waals surface area contributed by atoms with Crippen LogP contribution in [0.4, 0.5) is 5.69 Å². The summed E-state index contributed by atoms with van der Waals surface area (Å²) in [5.41, 5.74) is 0.00766. The van der Waals surface area contributed by atoms with Crippen LogP contribution in [0.3, 0.4) is 0 Å². The Morgan fingerprint density at radius 3 is 2.65 bits per heavy atom. The van der Waals surface area contributed by atoms with Gasteiger partial charge in [0.2, 0.25) is 5.91 Å². The number of phenolic OH excluding ortho intramolecular Hbond substituents is 1. The van der Waals surface area contributed by atoms with Crippen LogP contribution in [-0.4, -0.2) is 30.4 Å². The van der Waals surface area contributed by atoms with Gasteiger partial charge in [0, 0.05) is 5.02 Å². The highest BCUT2D eigenvalue weighted by Crippen LogP contribution is 2.35. The van der Waals surface area contributed by atoms with Crippen LogP contribution in [-0.2, 0) is 14.6 Å². The number of halogens is 2. The molecular weight excluding hydrogens is 325 g/mol. The molecule has 1 aliphatic heterocycles. The van der Waals surface area contributed by atoms with Gasteiger partial charge in [0.1, 0.15) is 5.25 Å². The Balaban J connectivity index is 2.24. The zero-order valence-corrected chi connectivity index (χ0v) is 12.7. The molecule has 1 unspecified atom stereocenters. The van der Waals surface area contributed by atoms with E-state index in [1.165, 1.54) is 12.1 Å². The van der Waals surface area contributed by atoms with Crippen molar-refractivity contribution in [3.8, 4) is 5.75 Å². The third kappa shape index (κ3) is 3.19. The van der Waals surface area contributed by atoms with Gasteiger partial charge in [-0.15, -0.1) is 0 Å². The Kier molecular flexibility index (Phi) is 4.46. The highest BCUT2D eigenvalue weighted by Gasteiger charge is 2.35. The SMILES string of the molecule is O=C(Nc1cc(Cl)cc(Cl)c1O)C1CCCCS1(=O)=O. The van der Waals surface area contributed by atoms with E-state index in [0.29, 0.717) is 12.8 Å². The maximum Gasteiger partial charge on any atom is 0.242 e. The molecule has 1 heterocycles. The first kappa shape index (κ1) is 15.4. The summed E-state index contributed by atoms with van der Waals surface area (Å²) in [7, 11) is -3.44. The summed E-state index contributed by atoms with van der Waals surface area (Å²) in [4.78, 5) is 12.1. The van der Waals surface area contributed by atoms with Gasteiger partial charge in [-0.05, 0) is 25.0 Å². The molecule has 0 aromatic heterocycles. The Morgan fingerprint density at radius 1 is 1.30 bits per heavy atom. The van der Waals surface area contributed by atoms with Crippen LogP contribution < -0.4 is 5.32 Å². The summed E-state index contributed by atoms with van der Waals surface area (Å²) in [5.74, 6) is -0.996. The highest BCUT2D eigenvalue weighted by atomic mass is 35.5. The second-order valence-electron chi connectivity index (χ2n) is 4.62. The largest absolute Gasteiger partial charge is 0.504 e. The minimum atomic E-state index is -3.44. The van der Waals surface area contributed by atoms with E-state index in [-0.39, 0.29) is 33.7 Å². The van der Waals surface area contributed by atoms with Crippen molar-refractivity contribution in [2.24, 2.45) is 0 Å². The molecule has 1 aliphatic rings. The van der Waals surface area contributed by atoms with Gasteiger partial charge in [-0.2, -0.15) is 0 Å². The second-order valence-corrected chi connectivity index (χ2v) is 7.77. The number of rotatable bonds is 2. The molecule has 110 valence electrons. The summed E-state index contributed by atoms with van der Waals surface area (Å²) >= 11 is 11.5. The van der Waals surface area contributed by atoms with Crippen LogP contribution in [0, 0.1) is 0 Å². The van der Waals surface area contributed by atoms with E-state index in [2.05, 4.69) is 5.32 Å². The first-order chi connectivity index (χ1) is 9.31. The number of amides is 1. The lowest BCUT2D eigenvalue weighted by Crippen LogP contribution is -2.39. The van der Waals surface area contributed by atoms with E-state index in [4.69, 9.17) is 23.2 Å². The lowest BCUT2D eigenvalue weighted by Gasteiger charge is -2.21. The number of aromatic hydroxyl groups is 1. The predicted octanol–water partition coefficient (Wildman–Crippen LogP) is 2.60. The maximum absolute atomic E-state index is 12.1. The molecule has 0 radical (unpaired) electrons. The van der Waals surface area contributed by atoms with Crippen molar-refractivity contribution < 1.29 is 18.3 Å². The van der Waals surface area contributed by atoms with Gasteiger partial charge in [-0.25, -0.2) is 8.42 Å². The van der Waals surface area contributed by atoms with Crippen LogP contribution in [0.1, 0.15) is 19.3 Å². The van der Waals surface area contributed by atoms with E-state index in [1.54, 1.807) is 0 Å². The molecule has 2 rings (SSSR count). The van der Waals surface area contributed by atoms with Crippen molar-refractivity contribution in [1.82, 2.24) is 0 Å². The Morgan fingerprint density at radius 2 is 2.00 bits per heavy atom. The maximum atomic E-state index is 12.1. The second kappa shape index (κ2) is 5.79. The number of sulfone groups is 1. The van der Waals surface area contributed by atoms with E-state index >= 15 is 0 Å². The average Bonchev–Trinajstić information content (AvgIpc) is 2.34. The van der Waals surface area contributed by atoms with Gasteiger partial charge < -0.3 is 10.4 Å². The minimum Gasteiger partial charge on any atom is -0.504 e. The molecule has 1 saturated heterocycles. The molecular formula is C12H13Cl2NO4S. The van der Waals surface area contributed by atoms with Crippen molar-refractivity contribution in [1.29, 1.82) is 0 Å². The van der Waals surface area contributed by atoms with Crippen LogP contribution >= 0.6 is 23.2 Å². The van der Waals surface area contributed by atoms with Gasteiger partial charge >= 0.3 is 0 Å². The zero-order chi connectivity index (χ0) is 14.9. The summed E-state index contributed by atoms with van der Waals surface area (Å²) < 4.78 is 23.7. The monoisotopic (exact) mass is 337 g/mol. The summed E-state index contributed by atoms with van der Waals surface area (Å²) in [6, 6.07) is 2.64. The fraction of sp³-hybridized carbons (Fsp3) is 0.417. The summed E-state index contributed by atoms with van der Waals surface area (Å²) in [6.07, 6.45) is 1.53. The first-order valence-electron chi connectivity index (χ1n) is 6.02. The topological polar surface area (TPSA) is 83.5 Å². The van der Waals surface area contributed by atoms with Gasteiger partial charge in [0.25, 0.3) is 0 Å². The van der Waals surface area contributed by atoms with Crippen LogP contribution in [0.15, 0.2) is 12.1 Å². The van der Waals surface area contributed by atoms with Gasteiger partial charge in [-0.3, -0.25) is 4.79 Å². The molecule has 1 amide bonds. The number of nitrogens with one attached hydrogen (secondary N) is 1. The molecule has 8 heteroatoms. The number of phenols is 1. The molecule has 1 atom stereocenters. The third-order valence-electron chi connectivity index (χ3n) is 3.16. The van der Waals surface area contributed by atoms with Crippen molar-refractivity contribution in [3.05, 3.63) is 22.2 Å². The third-order valence-corrected chi connectivity index (χ3v) is 5.84. The lowest BCUT2D eigenvalue weighted by atomic mass is 10.1. The number of carbonyl (C=O) groups is 1. The van der Waals surface area contributed by atoms with Crippen LogP contribution in [0.2, 0.25) is 10.0 Å². The molecule has 1 fully saturated rings. The number of hydrogen-bond acceptors (Lipinski definition) is 4. The molecule has 0 spiro atoms. The van der Waals surface area contributed by atoms with Crippen molar-refractivity contribution >= 4 is 44.6 Å². The van der Waals surface area contributed by atoms with E-state index < -0.39 is 21.0 Å². The predicted molar refractivity (Wildman–Crippen MR) is 78.2 cm³/mol. The molecule has 20 heavy (non-hydrogen) atoms. The molecule has 0 aliphatic carbocycles. The van der Waals surface area contributed by atoms with E-state index in [9.17, 15) is 18.3 Å². The number of anilines is 1. The molecule has 2 N–H and O–H groups in total. The summed E-state index contributed by atoms with van der Waals surface area (Å²) in [6.45, 7) is 0. The quantitative estimate of drug-likeness (QED) is 0.812. The normalized spacial score (nSPS) is 21.4. The smallest absolute Gasteiger partial charge is 0.242 e. The van der Waals surface area contributed by atoms with Crippen LogP contribution in [0.25, 0.3) is 0 Å². The van der Waals surface area contributed by atoms with Gasteiger partial charge in [-0.1, -0.05) is 29.6 Å². The van der Waals surface area contributed by atoms with E-state index in [1.807, 2.05) is 0 Å². The molecule has 0 saturated carbocycles. The molecule has 1 aromatic carbocycles. The Hall–Kier alpha value is -0.980. The fourth-order valence-electron chi connectivity index (χ4n) is 2.12. The lowest BCUT2D eigenvalue weighted by molar-refractivity contribution is -0.116. The molecule has 5 nitrogen and oxygen atoms in total. The number of carbonyl (C=O) groups excluding carboxylic acids is 1. The van der Waals surface area contributed by atoms with Crippen LogP contribution in [0.5, 0.6) is 5.75 Å². The average molecular weight is 338 g/mol. The van der Waals surface area contributed by atoms with Gasteiger partial charge in [0.15, 0.2) is 15.6 Å². The Labute approximate surface area is 126 Å². The number of hydrogen-bond donors (Lipinski definition) is 2. The summed E-state index contributed by atoms with van der Waals surface area (Å²) in [5, 5.41) is 11.3. The first-order valence-corrected chi connectivity index (χ1v) is 8.49. The highest BCUT2D eigenvalue weighted by molar-refractivity contribution is 7.92. The number of benzene rings is 1. The standard InChI is InChI=1S/C12H13Cl2NO4S/c13-7-5-8(14)11(16)9(6-7)15-12(17)10-3-1-2-4-20(10,18)19/h5-6,10,16H,1-4H2,(H,15,17). The minimum absolute atomic E-state index is 0.00731. The Bertz CT molecular complexity index is 645. The van der Waals surface area contributed by atoms with Crippen molar-refractivity contribution in [2.45, 2.75) is 24.5 Å². The zero-order valence-electron chi connectivity index (χ0n) is 10.4. The van der Waals surface area contributed by atoms with E-state index in [0.717, 1.165) is 0 Å².